The van der Waals surface area contributed by atoms with E-state index in [4.69, 9.17) is 9.47 Å². The predicted molar refractivity (Wildman–Crippen MR) is 110 cm³/mol. The van der Waals surface area contributed by atoms with Crippen LogP contribution in [0.25, 0.3) is 0 Å². The average molecular weight is 398 g/mol. The first kappa shape index (κ1) is 21.9. The van der Waals surface area contributed by atoms with Gasteiger partial charge in [0.2, 0.25) is 5.91 Å². The first-order chi connectivity index (χ1) is 13.9. The van der Waals surface area contributed by atoms with Gasteiger partial charge in [-0.1, -0.05) is 29.8 Å². The Kier molecular flexibility index (Phi) is 8.21. The van der Waals surface area contributed by atoms with Crippen molar-refractivity contribution in [2.45, 2.75) is 20.8 Å². The number of rotatable bonds is 9. The molecule has 0 atom stereocenters. The Morgan fingerprint density at radius 1 is 1.03 bits per heavy atom. The number of amides is 2. The highest BCUT2D eigenvalue weighted by Gasteiger charge is 2.20. The highest BCUT2D eigenvalue weighted by molar-refractivity contribution is 6.02. The van der Waals surface area contributed by atoms with Gasteiger partial charge in [-0.05, 0) is 38.1 Å². The Balaban J connectivity index is 1.93. The van der Waals surface area contributed by atoms with Gasteiger partial charge in [0.25, 0.3) is 5.91 Å². The fourth-order valence-electron chi connectivity index (χ4n) is 2.68. The maximum atomic E-state index is 12.2. The van der Waals surface area contributed by atoms with E-state index < -0.39 is 5.97 Å². The van der Waals surface area contributed by atoms with Gasteiger partial charge in [-0.2, -0.15) is 0 Å². The van der Waals surface area contributed by atoms with Crippen LogP contribution in [-0.2, 0) is 14.3 Å². The standard InChI is InChI=1S/C22H26N2O5/c1-4-28-22(27)19-7-5-6-8-20(19)24(17(3)25)14-13-23-21(26)15-29-18-11-9-16(2)10-12-18/h5-12H,4,13-15H2,1-3H3,(H,23,26). The van der Waals surface area contributed by atoms with Gasteiger partial charge in [-0.3, -0.25) is 9.59 Å². The number of hydrogen-bond acceptors (Lipinski definition) is 5. The van der Waals surface area contributed by atoms with Gasteiger partial charge in [0.1, 0.15) is 5.75 Å². The summed E-state index contributed by atoms with van der Waals surface area (Å²) in [6, 6.07) is 14.1. The van der Waals surface area contributed by atoms with Crippen LogP contribution in [0.15, 0.2) is 48.5 Å². The molecule has 0 aromatic heterocycles. The lowest BCUT2D eigenvalue weighted by molar-refractivity contribution is -0.123. The van der Waals surface area contributed by atoms with Crippen LogP contribution in [-0.4, -0.2) is 44.1 Å². The Bertz CT molecular complexity index is 849. The molecule has 0 heterocycles. The third kappa shape index (κ3) is 6.64. The lowest BCUT2D eigenvalue weighted by Gasteiger charge is -2.23. The van der Waals surface area contributed by atoms with E-state index in [0.29, 0.717) is 17.0 Å². The zero-order valence-electron chi connectivity index (χ0n) is 16.9. The number of ether oxygens (including phenoxy) is 2. The molecular formula is C22H26N2O5. The van der Waals surface area contributed by atoms with Crippen molar-refractivity contribution in [3.05, 3.63) is 59.7 Å². The maximum absolute atomic E-state index is 12.2. The monoisotopic (exact) mass is 398 g/mol. The van der Waals surface area contributed by atoms with Crippen LogP contribution in [0.2, 0.25) is 0 Å². The van der Waals surface area contributed by atoms with Gasteiger partial charge in [0.15, 0.2) is 6.61 Å². The van der Waals surface area contributed by atoms with Crippen molar-refractivity contribution in [1.82, 2.24) is 5.32 Å². The molecule has 0 spiro atoms. The molecule has 2 amide bonds. The molecule has 2 rings (SSSR count). The van der Waals surface area contributed by atoms with Crippen LogP contribution in [0.1, 0.15) is 29.8 Å². The minimum absolute atomic E-state index is 0.122. The second-order valence-electron chi connectivity index (χ2n) is 6.36. The summed E-state index contributed by atoms with van der Waals surface area (Å²) in [5, 5.41) is 2.72. The molecule has 0 aliphatic carbocycles. The number of carbonyl (C=O) groups excluding carboxylic acids is 3. The van der Waals surface area contributed by atoms with E-state index in [2.05, 4.69) is 5.32 Å². The summed E-state index contributed by atoms with van der Waals surface area (Å²) >= 11 is 0. The highest BCUT2D eigenvalue weighted by Crippen LogP contribution is 2.21. The van der Waals surface area contributed by atoms with Gasteiger partial charge in [0.05, 0.1) is 17.9 Å². The zero-order valence-corrected chi connectivity index (χ0v) is 16.9. The zero-order chi connectivity index (χ0) is 21.2. The van der Waals surface area contributed by atoms with Crippen LogP contribution in [0.5, 0.6) is 5.75 Å². The molecular weight excluding hydrogens is 372 g/mol. The number of nitrogens with one attached hydrogen (secondary N) is 1. The van der Waals surface area contributed by atoms with Crippen molar-refractivity contribution in [2.24, 2.45) is 0 Å². The van der Waals surface area contributed by atoms with Crippen molar-refractivity contribution < 1.29 is 23.9 Å². The van der Waals surface area contributed by atoms with Crippen LogP contribution in [0, 0.1) is 6.92 Å². The molecule has 2 aromatic carbocycles. The molecule has 0 saturated heterocycles. The summed E-state index contributed by atoms with van der Waals surface area (Å²) in [6.07, 6.45) is 0. The van der Waals surface area contributed by atoms with E-state index in [0.717, 1.165) is 5.56 Å². The smallest absolute Gasteiger partial charge is 0.340 e. The number of carbonyl (C=O) groups is 3. The summed E-state index contributed by atoms with van der Waals surface area (Å²) in [7, 11) is 0. The molecule has 0 radical (unpaired) electrons. The topological polar surface area (TPSA) is 84.9 Å². The third-order valence-corrected chi connectivity index (χ3v) is 4.12. The minimum atomic E-state index is -0.495. The summed E-state index contributed by atoms with van der Waals surface area (Å²) in [5.41, 5.74) is 1.86. The van der Waals surface area contributed by atoms with Gasteiger partial charge in [-0.25, -0.2) is 4.79 Å². The first-order valence-corrected chi connectivity index (χ1v) is 9.42. The fraction of sp³-hybridized carbons (Fsp3) is 0.318. The molecule has 2 aromatic rings. The van der Waals surface area contributed by atoms with E-state index >= 15 is 0 Å². The summed E-state index contributed by atoms with van der Waals surface area (Å²) in [5.74, 6) is -0.427. The summed E-state index contributed by atoms with van der Waals surface area (Å²) in [6.45, 7) is 5.64. The summed E-state index contributed by atoms with van der Waals surface area (Å²) < 4.78 is 10.5. The molecule has 1 N–H and O–H groups in total. The average Bonchev–Trinajstić information content (AvgIpc) is 2.71. The molecule has 0 saturated carbocycles. The highest BCUT2D eigenvalue weighted by atomic mass is 16.5. The van der Waals surface area contributed by atoms with Gasteiger partial charge < -0.3 is 19.7 Å². The molecule has 7 nitrogen and oxygen atoms in total. The van der Waals surface area contributed by atoms with Crippen LogP contribution in [0.3, 0.4) is 0 Å². The first-order valence-electron chi connectivity index (χ1n) is 9.42. The number of para-hydroxylation sites is 1. The lowest BCUT2D eigenvalue weighted by atomic mass is 10.1. The van der Waals surface area contributed by atoms with Gasteiger partial charge in [-0.15, -0.1) is 0 Å². The van der Waals surface area contributed by atoms with Crippen molar-refractivity contribution in [2.75, 3.05) is 31.2 Å². The number of aryl methyl sites for hydroxylation is 1. The quantitative estimate of drug-likeness (QED) is 0.657. The Labute approximate surface area is 170 Å². The largest absolute Gasteiger partial charge is 0.484 e. The molecule has 7 heteroatoms. The van der Waals surface area contributed by atoms with Gasteiger partial charge in [0, 0.05) is 20.0 Å². The van der Waals surface area contributed by atoms with Crippen molar-refractivity contribution in [3.63, 3.8) is 0 Å². The van der Waals surface area contributed by atoms with E-state index in [9.17, 15) is 14.4 Å². The second-order valence-corrected chi connectivity index (χ2v) is 6.36. The number of anilines is 1. The summed E-state index contributed by atoms with van der Waals surface area (Å²) in [4.78, 5) is 37.8. The third-order valence-electron chi connectivity index (χ3n) is 4.12. The number of nitrogens with zero attached hydrogens (tertiary/aromatic N) is 1. The van der Waals surface area contributed by atoms with E-state index in [1.807, 2.05) is 19.1 Å². The van der Waals surface area contributed by atoms with Crippen LogP contribution >= 0.6 is 0 Å². The number of hydrogen-bond donors (Lipinski definition) is 1. The maximum Gasteiger partial charge on any atom is 0.340 e. The molecule has 29 heavy (non-hydrogen) atoms. The molecule has 0 unspecified atom stereocenters. The van der Waals surface area contributed by atoms with E-state index in [1.165, 1.54) is 11.8 Å². The van der Waals surface area contributed by atoms with Crippen molar-refractivity contribution >= 4 is 23.5 Å². The van der Waals surface area contributed by atoms with Gasteiger partial charge >= 0.3 is 5.97 Å². The van der Waals surface area contributed by atoms with E-state index in [-0.39, 0.29) is 38.1 Å². The molecule has 0 bridgehead atoms. The SMILES string of the molecule is CCOC(=O)c1ccccc1N(CCNC(=O)COc1ccc(C)cc1)C(C)=O. The van der Waals surface area contributed by atoms with Crippen LogP contribution < -0.4 is 15.0 Å². The Morgan fingerprint density at radius 3 is 2.38 bits per heavy atom. The number of esters is 1. The molecule has 0 aliphatic rings. The second kappa shape index (κ2) is 10.8. The Hall–Kier alpha value is -3.35. The normalized spacial score (nSPS) is 10.2. The molecule has 0 aliphatic heterocycles. The molecule has 154 valence electrons. The number of benzene rings is 2. The van der Waals surface area contributed by atoms with E-state index in [1.54, 1.807) is 43.3 Å². The minimum Gasteiger partial charge on any atom is -0.484 e. The Morgan fingerprint density at radius 2 is 1.72 bits per heavy atom. The van der Waals surface area contributed by atoms with Crippen molar-refractivity contribution in [3.8, 4) is 5.75 Å². The fourth-order valence-corrected chi connectivity index (χ4v) is 2.68. The van der Waals surface area contributed by atoms with Crippen LogP contribution in [0.4, 0.5) is 5.69 Å². The lowest BCUT2D eigenvalue weighted by Crippen LogP contribution is -2.39. The van der Waals surface area contributed by atoms with Crippen molar-refractivity contribution in [1.29, 1.82) is 0 Å². The predicted octanol–water partition coefficient (Wildman–Crippen LogP) is 2.72. The molecule has 0 fully saturated rings.